The molecule has 1 aliphatic heterocycles. The topological polar surface area (TPSA) is 122 Å². The summed E-state index contributed by atoms with van der Waals surface area (Å²) in [6.45, 7) is 5.85. The second-order valence-corrected chi connectivity index (χ2v) is 9.06. The summed E-state index contributed by atoms with van der Waals surface area (Å²) in [7, 11) is 1.30. The van der Waals surface area contributed by atoms with E-state index >= 15 is 4.39 Å². The summed E-state index contributed by atoms with van der Waals surface area (Å²) in [5.74, 6) is -2.08. The molecule has 2 aromatic heterocycles. The van der Waals surface area contributed by atoms with E-state index < -0.39 is 29.2 Å². The van der Waals surface area contributed by atoms with E-state index in [0.717, 1.165) is 0 Å². The number of pyridine rings is 1. The minimum Gasteiger partial charge on any atom is -0.465 e. The molecule has 4 rings (SSSR count). The van der Waals surface area contributed by atoms with Crippen LogP contribution in [-0.2, 0) is 15.1 Å². The van der Waals surface area contributed by atoms with E-state index in [9.17, 15) is 14.7 Å². The highest BCUT2D eigenvalue weighted by atomic mass is 19.1. The highest BCUT2D eigenvalue weighted by molar-refractivity contribution is 6.09. The van der Waals surface area contributed by atoms with Crippen molar-refractivity contribution >= 4 is 22.9 Å². The van der Waals surface area contributed by atoms with Gasteiger partial charge in [-0.2, -0.15) is 0 Å². The Morgan fingerprint density at radius 2 is 2.00 bits per heavy atom. The van der Waals surface area contributed by atoms with Crippen LogP contribution in [0.15, 0.2) is 30.6 Å². The predicted octanol–water partition coefficient (Wildman–Crippen LogP) is 2.72. The molecule has 1 aliphatic rings. The fraction of sp³-hybridized carbons (Fsp3) is 0.400. The number of aliphatic hydroxyl groups is 1. The molecular formula is C25H29FN4O4. The van der Waals surface area contributed by atoms with Crippen LogP contribution < -0.4 is 5.73 Å². The summed E-state index contributed by atoms with van der Waals surface area (Å²) in [5.41, 5.74) is 6.82. The van der Waals surface area contributed by atoms with E-state index in [1.165, 1.54) is 19.4 Å². The van der Waals surface area contributed by atoms with E-state index in [1.807, 2.05) is 13.8 Å². The van der Waals surface area contributed by atoms with Crippen LogP contribution >= 0.6 is 0 Å². The number of benzene rings is 1. The molecule has 1 saturated heterocycles. The van der Waals surface area contributed by atoms with Gasteiger partial charge in [0.05, 0.1) is 19.2 Å². The van der Waals surface area contributed by atoms with Crippen LogP contribution in [0.1, 0.15) is 35.3 Å². The van der Waals surface area contributed by atoms with E-state index in [2.05, 4.69) is 9.97 Å². The molecule has 3 heterocycles. The Hall–Kier alpha value is -3.30. The lowest BCUT2D eigenvalue weighted by Crippen LogP contribution is -2.57. The molecule has 0 unspecified atom stereocenters. The number of hydrogen-bond acceptors (Lipinski definition) is 6. The van der Waals surface area contributed by atoms with Crippen LogP contribution in [0, 0.1) is 24.6 Å². The van der Waals surface area contributed by atoms with Gasteiger partial charge in [0.2, 0.25) is 5.91 Å². The minimum absolute atomic E-state index is 0.104. The summed E-state index contributed by atoms with van der Waals surface area (Å²) in [6.07, 6.45) is 3.10. The molecule has 180 valence electrons. The third-order valence-corrected chi connectivity index (χ3v) is 7.00. The second-order valence-electron chi connectivity index (χ2n) is 9.06. The third kappa shape index (κ3) is 3.65. The lowest BCUT2D eigenvalue weighted by Gasteiger charge is -2.48. The molecular weight excluding hydrogens is 439 g/mol. The van der Waals surface area contributed by atoms with Gasteiger partial charge in [0.25, 0.3) is 0 Å². The zero-order valence-corrected chi connectivity index (χ0v) is 19.7. The molecule has 1 fully saturated rings. The summed E-state index contributed by atoms with van der Waals surface area (Å²) in [4.78, 5) is 33.2. The van der Waals surface area contributed by atoms with Gasteiger partial charge < -0.3 is 25.5 Å². The van der Waals surface area contributed by atoms with Crippen molar-refractivity contribution in [3.63, 3.8) is 0 Å². The van der Waals surface area contributed by atoms with Crippen molar-refractivity contribution < 1.29 is 23.8 Å². The van der Waals surface area contributed by atoms with Gasteiger partial charge in [-0.25, -0.2) is 14.2 Å². The standard InChI is InChI=1S/C25H29FN4O4/c1-13-7-16(17-5-6-28-23-21(17)18(10-29-23)24(32)34-4)8-19(26)22(13)25(33)14(2)11-30(12-15(25)3)20(31)9-27/h5-8,10,14-15,33H,9,11-12,27H2,1-4H3,(H,28,29)/t14-,15+,25-. The number of H-pyrrole nitrogens is 1. The summed E-state index contributed by atoms with van der Waals surface area (Å²) < 4.78 is 20.7. The van der Waals surface area contributed by atoms with Gasteiger partial charge in [-0.15, -0.1) is 0 Å². The van der Waals surface area contributed by atoms with Crippen LogP contribution in [0.3, 0.4) is 0 Å². The Labute approximate surface area is 196 Å². The SMILES string of the molecule is COC(=O)c1c[nH]c2nccc(-c3cc(C)c([C@@]4(O)[C@H](C)CN(C(=O)CN)C[C@@H]4C)c(F)c3)c12. The van der Waals surface area contributed by atoms with E-state index in [0.29, 0.717) is 33.3 Å². The summed E-state index contributed by atoms with van der Waals surface area (Å²) >= 11 is 0. The third-order valence-electron chi connectivity index (χ3n) is 7.00. The normalized spacial score (nSPS) is 22.7. The fourth-order valence-electron chi connectivity index (χ4n) is 5.30. The Morgan fingerprint density at radius 3 is 2.59 bits per heavy atom. The lowest BCUT2D eigenvalue weighted by molar-refractivity contribution is -0.148. The number of likely N-dealkylation sites (tertiary alicyclic amines) is 1. The Balaban J connectivity index is 1.81. The number of nitrogens with zero attached hydrogens (tertiary/aromatic N) is 2. The molecule has 4 N–H and O–H groups in total. The number of carbonyl (C=O) groups is 2. The van der Waals surface area contributed by atoms with Crippen LogP contribution in [0.5, 0.6) is 0 Å². The number of esters is 1. The van der Waals surface area contributed by atoms with Gasteiger partial charge in [0, 0.05) is 48.3 Å². The molecule has 0 radical (unpaired) electrons. The van der Waals surface area contributed by atoms with Gasteiger partial charge in [-0.3, -0.25) is 4.79 Å². The number of ether oxygens (including phenoxy) is 1. The van der Waals surface area contributed by atoms with E-state index in [-0.39, 0.29) is 31.1 Å². The maximum absolute atomic E-state index is 15.8. The molecule has 0 spiro atoms. The number of nitrogens with two attached hydrogens (primary N) is 1. The molecule has 1 amide bonds. The number of methoxy groups -OCH3 is 1. The number of rotatable bonds is 4. The Kier molecular flexibility index (Phi) is 6.18. The highest BCUT2D eigenvalue weighted by Crippen LogP contribution is 2.45. The molecule has 3 aromatic rings. The average molecular weight is 469 g/mol. The van der Waals surface area contributed by atoms with Crippen LogP contribution in [-0.4, -0.2) is 58.6 Å². The number of piperidine rings is 1. The van der Waals surface area contributed by atoms with E-state index in [4.69, 9.17) is 10.5 Å². The van der Waals surface area contributed by atoms with Gasteiger partial charge in [-0.05, 0) is 35.7 Å². The average Bonchev–Trinajstić information content (AvgIpc) is 3.25. The summed E-state index contributed by atoms with van der Waals surface area (Å²) in [6, 6.07) is 4.89. The van der Waals surface area contributed by atoms with Crippen molar-refractivity contribution in [2.24, 2.45) is 17.6 Å². The first-order valence-electron chi connectivity index (χ1n) is 11.2. The monoisotopic (exact) mass is 468 g/mol. The van der Waals surface area contributed by atoms with Crippen molar-refractivity contribution in [1.82, 2.24) is 14.9 Å². The van der Waals surface area contributed by atoms with Gasteiger partial charge >= 0.3 is 5.97 Å². The largest absolute Gasteiger partial charge is 0.465 e. The van der Waals surface area contributed by atoms with Gasteiger partial charge in [-0.1, -0.05) is 19.9 Å². The predicted molar refractivity (Wildman–Crippen MR) is 125 cm³/mol. The maximum Gasteiger partial charge on any atom is 0.340 e. The van der Waals surface area contributed by atoms with E-state index in [1.54, 1.807) is 30.2 Å². The molecule has 1 aromatic carbocycles. The van der Waals surface area contributed by atoms with Crippen molar-refractivity contribution in [2.45, 2.75) is 26.4 Å². The zero-order chi connectivity index (χ0) is 24.8. The maximum atomic E-state index is 15.8. The molecule has 34 heavy (non-hydrogen) atoms. The van der Waals surface area contributed by atoms with Crippen LogP contribution in [0.25, 0.3) is 22.2 Å². The van der Waals surface area contributed by atoms with Crippen LogP contribution in [0.2, 0.25) is 0 Å². The number of halogens is 1. The Bertz CT molecular complexity index is 1240. The highest BCUT2D eigenvalue weighted by Gasteiger charge is 2.48. The lowest BCUT2D eigenvalue weighted by atomic mass is 9.69. The molecule has 0 saturated carbocycles. The smallest absolute Gasteiger partial charge is 0.340 e. The first-order chi connectivity index (χ1) is 16.1. The zero-order valence-electron chi connectivity index (χ0n) is 19.7. The fourth-order valence-corrected chi connectivity index (χ4v) is 5.30. The van der Waals surface area contributed by atoms with Crippen molar-refractivity contribution in [1.29, 1.82) is 0 Å². The molecule has 0 aliphatic carbocycles. The quantitative estimate of drug-likeness (QED) is 0.506. The number of amides is 1. The number of aromatic nitrogens is 2. The van der Waals surface area contributed by atoms with Crippen molar-refractivity contribution in [2.75, 3.05) is 26.7 Å². The number of carbonyl (C=O) groups excluding carboxylic acids is 2. The van der Waals surface area contributed by atoms with Crippen molar-refractivity contribution in [3.05, 3.63) is 53.1 Å². The summed E-state index contributed by atoms with van der Waals surface area (Å²) in [5, 5.41) is 12.3. The number of nitrogens with one attached hydrogen (secondary N) is 1. The Morgan fingerprint density at radius 1 is 1.32 bits per heavy atom. The van der Waals surface area contributed by atoms with Crippen molar-refractivity contribution in [3.8, 4) is 11.1 Å². The number of aromatic amines is 1. The molecule has 8 nitrogen and oxygen atoms in total. The minimum atomic E-state index is -1.46. The number of aryl methyl sites for hydroxylation is 1. The second kappa shape index (κ2) is 8.81. The molecule has 0 bridgehead atoms. The molecule has 9 heteroatoms. The number of fused-ring (bicyclic) bond motifs is 1. The first-order valence-corrected chi connectivity index (χ1v) is 11.2. The number of hydrogen-bond donors (Lipinski definition) is 3. The van der Waals surface area contributed by atoms with Crippen LogP contribution in [0.4, 0.5) is 4.39 Å². The van der Waals surface area contributed by atoms with Gasteiger partial charge in [0.15, 0.2) is 0 Å². The first kappa shape index (κ1) is 23.8. The molecule has 3 atom stereocenters. The van der Waals surface area contributed by atoms with Gasteiger partial charge in [0.1, 0.15) is 17.1 Å².